The van der Waals surface area contributed by atoms with Gasteiger partial charge in [0.25, 0.3) is 0 Å². The summed E-state index contributed by atoms with van der Waals surface area (Å²) in [6.07, 6.45) is 1.30. The Kier molecular flexibility index (Phi) is 7.94. The van der Waals surface area contributed by atoms with Crippen LogP contribution in [-0.2, 0) is 14.3 Å². The molecular weight excluding hydrogens is 232 g/mol. The number of carboxylic acid groups (broad SMARTS) is 1. The maximum atomic E-state index is 10.4. The van der Waals surface area contributed by atoms with Gasteiger partial charge in [-0.2, -0.15) is 0 Å². The number of hydrogen-bond acceptors (Lipinski definition) is 3. The first-order valence-electron chi connectivity index (χ1n) is 5.52. The van der Waals surface area contributed by atoms with Gasteiger partial charge in [-0.15, -0.1) is 0 Å². The molecule has 0 aromatic heterocycles. The van der Waals surface area contributed by atoms with Gasteiger partial charge in [0, 0.05) is 6.92 Å². The first-order valence-corrected chi connectivity index (χ1v) is 5.52. The molecule has 0 bridgehead atoms. The quantitative estimate of drug-likeness (QED) is 0.659. The average molecular weight is 250 g/mol. The Morgan fingerprint density at radius 1 is 1.39 bits per heavy atom. The smallest absolute Gasteiger partial charge is 0.307 e. The molecule has 98 valence electrons. The summed E-state index contributed by atoms with van der Waals surface area (Å²) >= 11 is 0. The van der Waals surface area contributed by atoms with Crippen LogP contribution in [0.2, 0.25) is 0 Å². The molecule has 4 nitrogen and oxygen atoms in total. The van der Waals surface area contributed by atoms with Crippen molar-refractivity contribution < 1.29 is 19.4 Å². The molecule has 18 heavy (non-hydrogen) atoms. The maximum absolute atomic E-state index is 10.4. The molecule has 1 N–H and O–H groups in total. The van der Waals surface area contributed by atoms with Crippen LogP contribution in [0.4, 0.5) is 0 Å². The molecule has 1 rings (SSSR count). The lowest BCUT2D eigenvalue weighted by atomic mass is 9.98. The van der Waals surface area contributed by atoms with E-state index in [2.05, 4.69) is 11.3 Å². The molecule has 0 fully saturated rings. The SMILES string of the molecule is C=COC(C)=O.CC(CC(=O)O)c1ccccc1. The van der Waals surface area contributed by atoms with E-state index in [1.165, 1.54) is 6.92 Å². The second-order valence-corrected chi connectivity index (χ2v) is 3.69. The average Bonchev–Trinajstić information content (AvgIpc) is 2.30. The number of ether oxygens (including phenoxy) is 1. The molecule has 0 spiro atoms. The number of carbonyl (C=O) groups excluding carboxylic acids is 1. The summed E-state index contributed by atoms with van der Waals surface area (Å²) < 4.78 is 4.17. The van der Waals surface area contributed by atoms with E-state index in [0.29, 0.717) is 0 Å². The van der Waals surface area contributed by atoms with Gasteiger partial charge in [-0.3, -0.25) is 9.59 Å². The molecule has 0 aliphatic heterocycles. The lowest BCUT2D eigenvalue weighted by Crippen LogP contribution is -2.02. The summed E-state index contributed by atoms with van der Waals surface area (Å²) in [5.74, 6) is -0.972. The van der Waals surface area contributed by atoms with E-state index in [0.717, 1.165) is 11.8 Å². The topological polar surface area (TPSA) is 63.6 Å². The van der Waals surface area contributed by atoms with Crippen LogP contribution >= 0.6 is 0 Å². The summed E-state index contributed by atoms with van der Waals surface area (Å²) in [5, 5.41) is 8.55. The van der Waals surface area contributed by atoms with Gasteiger partial charge in [0.05, 0.1) is 12.7 Å². The monoisotopic (exact) mass is 250 g/mol. The van der Waals surface area contributed by atoms with Gasteiger partial charge in [-0.1, -0.05) is 43.8 Å². The van der Waals surface area contributed by atoms with E-state index in [4.69, 9.17) is 5.11 Å². The lowest BCUT2D eigenvalue weighted by molar-refractivity contribution is -0.137. The molecule has 0 aliphatic carbocycles. The zero-order valence-electron chi connectivity index (χ0n) is 10.6. The van der Waals surface area contributed by atoms with E-state index >= 15 is 0 Å². The van der Waals surface area contributed by atoms with Crippen LogP contribution in [0.5, 0.6) is 0 Å². The highest BCUT2D eigenvalue weighted by atomic mass is 16.5. The lowest BCUT2D eigenvalue weighted by Gasteiger charge is -2.07. The minimum Gasteiger partial charge on any atom is -0.481 e. The number of aliphatic carboxylic acids is 1. The molecule has 4 heteroatoms. The number of carboxylic acids is 1. The third-order valence-corrected chi connectivity index (χ3v) is 2.10. The first kappa shape index (κ1) is 15.9. The van der Waals surface area contributed by atoms with Crippen LogP contribution in [0.3, 0.4) is 0 Å². The summed E-state index contributed by atoms with van der Waals surface area (Å²) in [4.78, 5) is 20.1. The predicted molar refractivity (Wildman–Crippen MR) is 69.1 cm³/mol. The van der Waals surface area contributed by atoms with Crippen molar-refractivity contribution in [3.05, 3.63) is 48.7 Å². The summed E-state index contributed by atoms with van der Waals surface area (Å²) in [7, 11) is 0. The fraction of sp³-hybridized carbons (Fsp3) is 0.286. The van der Waals surface area contributed by atoms with Crippen molar-refractivity contribution in [3.8, 4) is 0 Å². The minimum absolute atomic E-state index is 0.101. The number of rotatable bonds is 4. The fourth-order valence-corrected chi connectivity index (χ4v) is 1.28. The van der Waals surface area contributed by atoms with E-state index in [9.17, 15) is 9.59 Å². The molecular formula is C14H18O4. The van der Waals surface area contributed by atoms with E-state index in [1.807, 2.05) is 37.3 Å². The third kappa shape index (κ3) is 8.10. The zero-order chi connectivity index (χ0) is 14.0. The largest absolute Gasteiger partial charge is 0.481 e. The highest BCUT2D eigenvalue weighted by molar-refractivity contribution is 5.68. The van der Waals surface area contributed by atoms with Crippen LogP contribution in [0, 0.1) is 0 Å². The van der Waals surface area contributed by atoms with Gasteiger partial charge in [0.1, 0.15) is 0 Å². The van der Waals surface area contributed by atoms with Gasteiger partial charge >= 0.3 is 11.9 Å². The second-order valence-electron chi connectivity index (χ2n) is 3.69. The van der Waals surface area contributed by atoms with E-state index in [-0.39, 0.29) is 18.3 Å². The van der Waals surface area contributed by atoms with Gasteiger partial charge in [0.2, 0.25) is 0 Å². The third-order valence-electron chi connectivity index (χ3n) is 2.10. The maximum Gasteiger partial charge on any atom is 0.307 e. The minimum atomic E-state index is -0.744. The molecule has 0 heterocycles. The van der Waals surface area contributed by atoms with Crippen molar-refractivity contribution in [2.75, 3.05) is 0 Å². The number of hydrogen-bond donors (Lipinski definition) is 1. The van der Waals surface area contributed by atoms with Gasteiger partial charge in [-0.25, -0.2) is 0 Å². The predicted octanol–water partition coefficient (Wildman–Crippen LogP) is 2.96. The molecule has 1 aromatic carbocycles. The molecule has 0 saturated heterocycles. The molecule has 0 aliphatic rings. The zero-order valence-corrected chi connectivity index (χ0v) is 10.6. The number of esters is 1. The van der Waals surface area contributed by atoms with Crippen LogP contribution < -0.4 is 0 Å². The van der Waals surface area contributed by atoms with Crippen molar-refractivity contribution in [1.29, 1.82) is 0 Å². The molecule has 1 aromatic rings. The normalized spacial score (nSPS) is 10.6. The molecule has 1 atom stereocenters. The van der Waals surface area contributed by atoms with Crippen molar-refractivity contribution in [2.45, 2.75) is 26.2 Å². The molecule has 0 radical (unpaired) electrons. The van der Waals surface area contributed by atoms with Crippen molar-refractivity contribution in [1.82, 2.24) is 0 Å². The Hall–Kier alpha value is -2.10. The molecule has 0 amide bonds. The van der Waals surface area contributed by atoms with Gasteiger partial charge in [-0.05, 0) is 11.5 Å². The Labute approximate surface area is 107 Å². The van der Waals surface area contributed by atoms with Crippen LogP contribution in [-0.4, -0.2) is 17.0 Å². The van der Waals surface area contributed by atoms with Crippen LogP contribution in [0.1, 0.15) is 31.7 Å². The Bertz CT molecular complexity index is 384. The second kappa shape index (κ2) is 8.98. The van der Waals surface area contributed by atoms with Gasteiger partial charge < -0.3 is 9.84 Å². The van der Waals surface area contributed by atoms with Crippen LogP contribution in [0.25, 0.3) is 0 Å². The summed E-state index contributed by atoms with van der Waals surface area (Å²) in [6.45, 7) is 6.40. The van der Waals surface area contributed by atoms with E-state index < -0.39 is 5.97 Å². The highest BCUT2D eigenvalue weighted by Gasteiger charge is 2.08. The van der Waals surface area contributed by atoms with Crippen molar-refractivity contribution in [3.63, 3.8) is 0 Å². The Morgan fingerprint density at radius 2 is 1.94 bits per heavy atom. The summed E-state index contributed by atoms with van der Waals surface area (Å²) in [6, 6.07) is 9.68. The standard InChI is InChI=1S/C10H12O2.C4H6O2/c1-8(7-10(11)12)9-5-3-2-4-6-9;1-3-6-4(2)5/h2-6,8H,7H2,1H3,(H,11,12);3H,1H2,2H3. The number of benzene rings is 1. The van der Waals surface area contributed by atoms with E-state index in [1.54, 1.807) is 0 Å². The van der Waals surface area contributed by atoms with Crippen molar-refractivity contribution >= 4 is 11.9 Å². The molecule has 0 saturated carbocycles. The van der Waals surface area contributed by atoms with Crippen LogP contribution in [0.15, 0.2) is 43.2 Å². The summed E-state index contributed by atoms with van der Waals surface area (Å²) in [5.41, 5.74) is 1.08. The first-order chi connectivity index (χ1) is 8.47. The van der Waals surface area contributed by atoms with Crippen molar-refractivity contribution in [2.24, 2.45) is 0 Å². The Balaban J connectivity index is 0.000000411. The number of carbonyl (C=O) groups is 2. The van der Waals surface area contributed by atoms with Gasteiger partial charge in [0.15, 0.2) is 0 Å². The molecule has 1 unspecified atom stereocenters. The highest BCUT2D eigenvalue weighted by Crippen LogP contribution is 2.17. The Morgan fingerprint density at radius 3 is 2.28 bits per heavy atom. The fourth-order valence-electron chi connectivity index (χ4n) is 1.28.